The molecule has 0 saturated heterocycles. The summed E-state index contributed by atoms with van der Waals surface area (Å²) >= 11 is 0. The number of hydrogen-bond donors (Lipinski definition) is 0. The van der Waals surface area contributed by atoms with E-state index in [9.17, 15) is 0 Å². The summed E-state index contributed by atoms with van der Waals surface area (Å²) in [5.41, 5.74) is 0. The average molecular weight is 294 g/mol. The standard InChI is InChI=1S/C19H37N2/c1-5-7-9-11-14-18(15-12-10-8-6-2)19-20-16-13-17-21(19,3)4/h13,16,18H,5-12,14-15,17H2,1-4H3/q+1. The number of hydrogen-bond acceptors (Lipinski definition) is 1. The Bertz CT molecular complexity index is 316. The third-order valence-corrected chi connectivity index (χ3v) is 4.67. The minimum absolute atomic E-state index is 0.693. The van der Waals surface area contributed by atoms with Crippen molar-refractivity contribution in [2.75, 3.05) is 20.6 Å². The lowest BCUT2D eigenvalue weighted by Crippen LogP contribution is -2.50. The van der Waals surface area contributed by atoms with Crippen molar-refractivity contribution < 1.29 is 4.48 Å². The Morgan fingerprint density at radius 2 is 1.52 bits per heavy atom. The zero-order chi connectivity index (χ0) is 15.6. The highest BCUT2D eigenvalue weighted by Crippen LogP contribution is 2.25. The van der Waals surface area contributed by atoms with Crippen molar-refractivity contribution in [2.24, 2.45) is 10.9 Å². The molecule has 0 radical (unpaired) electrons. The van der Waals surface area contributed by atoms with Crippen LogP contribution in [0.5, 0.6) is 0 Å². The fourth-order valence-electron chi connectivity index (χ4n) is 3.33. The molecule has 2 heteroatoms. The highest BCUT2D eigenvalue weighted by atomic mass is 15.4. The molecule has 0 aromatic heterocycles. The fraction of sp³-hybridized carbons (Fsp3) is 0.842. The highest BCUT2D eigenvalue weighted by molar-refractivity contribution is 5.79. The van der Waals surface area contributed by atoms with Gasteiger partial charge in [0.15, 0.2) is 0 Å². The summed E-state index contributed by atoms with van der Waals surface area (Å²) in [5.74, 6) is 2.11. The molecule has 0 saturated carbocycles. The van der Waals surface area contributed by atoms with E-state index in [1.165, 1.54) is 70.0 Å². The lowest BCUT2D eigenvalue weighted by Gasteiger charge is -2.35. The largest absolute Gasteiger partial charge is 0.280 e. The molecular formula is C19H37N2+. The zero-order valence-electron chi connectivity index (χ0n) is 14.9. The molecule has 0 aromatic rings. The van der Waals surface area contributed by atoms with E-state index in [4.69, 9.17) is 4.99 Å². The molecule has 1 aliphatic heterocycles. The Morgan fingerprint density at radius 1 is 0.952 bits per heavy atom. The van der Waals surface area contributed by atoms with Crippen LogP contribution in [0, 0.1) is 5.92 Å². The molecule has 0 N–H and O–H groups in total. The van der Waals surface area contributed by atoms with Crippen molar-refractivity contribution in [3.63, 3.8) is 0 Å². The summed E-state index contributed by atoms with van der Waals surface area (Å²) in [6, 6.07) is 0. The number of unbranched alkanes of at least 4 members (excludes halogenated alkanes) is 6. The van der Waals surface area contributed by atoms with Gasteiger partial charge in [-0.1, -0.05) is 65.2 Å². The van der Waals surface area contributed by atoms with E-state index < -0.39 is 0 Å². The molecule has 0 aliphatic carbocycles. The van der Waals surface area contributed by atoms with Gasteiger partial charge < -0.3 is 0 Å². The SMILES string of the molecule is CCCCCCC(CCCCCC)C1=NC=CC[N+]1(C)C. The van der Waals surface area contributed by atoms with Gasteiger partial charge in [0, 0.05) is 6.20 Å². The molecule has 1 heterocycles. The third kappa shape index (κ3) is 6.78. The second-order valence-corrected chi connectivity index (χ2v) is 7.14. The first kappa shape index (κ1) is 18.4. The van der Waals surface area contributed by atoms with Gasteiger partial charge >= 0.3 is 0 Å². The predicted molar refractivity (Wildman–Crippen MR) is 94.6 cm³/mol. The van der Waals surface area contributed by atoms with Crippen LogP contribution in [-0.4, -0.2) is 31.0 Å². The van der Waals surface area contributed by atoms with E-state index in [0.29, 0.717) is 5.92 Å². The summed E-state index contributed by atoms with van der Waals surface area (Å²) < 4.78 is 0.961. The summed E-state index contributed by atoms with van der Waals surface area (Å²) in [7, 11) is 4.63. The Balaban J connectivity index is 2.57. The minimum atomic E-state index is 0.693. The van der Waals surface area contributed by atoms with Crippen LogP contribution >= 0.6 is 0 Å². The van der Waals surface area contributed by atoms with Gasteiger partial charge in [0.05, 0.1) is 20.0 Å². The van der Waals surface area contributed by atoms with E-state index in [1.54, 1.807) is 0 Å². The van der Waals surface area contributed by atoms with Gasteiger partial charge in [0.25, 0.3) is 0 Å². The van der Waals surface area contributed by atoms with Crippen LogP contribution in [0.1, 0.15) is 78.1 Å². The number of nitrogens with zero attached hydrogens (tertiary/aromatic N) is 2. The minimum Gasteiger partial charge on any atom is -0.280 e. The second-order valence-electron chi connectivity index (χ2n) is 7.14. The van der Waals surface area contributed by atoms with Crippen molar-refractivity contribution in [2.45, 2.75) is 78.1 Å². The topological polar surface area (TPSA) is 12.4 Å². The van der Waals surface area contributed by atoms with Crippen molar-refractivity contribution in [1.29, 1.82) is 0 Å². The van der Waals surface area contributed by atoms with Gasteiger partial charge in [-0.3, -0.25) is 4.48 Å². The third-order valence-electron chi connectivity index (χ3n) is 4.67. The maximum absolute atomic E-state index is 4.79. The van der Waals surface area contributed by atoms with Crippen LogP contribution in [0.2, 0.25) is 0 Å². The van der Waals surface area contributed by atoms with Gasteiger partial charge in [-0.2, -0.15) is 0 Å². The van der Waals surface area contributed by atoms with Crippen LogP contribution in [0.25, 0.3) is 0 Å². The van der Waals surface area contributed by atoms with E-state index in [-0.39, 0.29) is 0 Å². The first-order valence-electron chi connectivity index (χ1n) is 9.18. The molecule has 0 fully saturated rings. The van der Waals surface area contributed by atoms with Crippen molar-refractivity contribution >= 4 is 5.84 Å². The van der Waals surface area contributed by atoms with Gasteiger partial charge in [0.2, 0.25) is 5.84 Å². The Hall–Kier alpha value is -0.630. The normalized spacial score (nSPS) is 17.3. The molecule has 21 heavy (non-hydrogen) atoms. The smallest absolute Gasteiger partial charge is 0.205 e. The highest BCUT2D eigenvalue weighted by Gasteiger charge is 2.31. The number of amidine groups is 1. The van der Waals surface area contributed by atoms with Crippen molar-refractivity contribution in [1.82, 2.24) is 0 Å². The van der Waals surface area contributed by atoms with E-state index in [0.717, 1.165) is 11.0 Å². The first-order valence-corrected chi connectivity index (χ1v) is 9.18. The van der Waals surface area contributed by atoms with Crippen molar-refractivity contribution in [3.8, 4) is 0 Å². The van der Waals surface area contributed by atoms with Crippen LogP contribution in [0.4, 0.5) is 0 Å². The lowest BCUT2D eigenvalue weighted by atomic mass is 9.91. The molecule has 0 spiro atoms. The van der Waals surface area contributed by atoms with E-state index in [2.05, 4.69) is 34.0 Å². The Morgan fingerprint density at radius 3 is 2.00 bits per heavy atom. The molecule has 0 bridgehead atoms. The molecule has 1 aliphatic rings. The first-order chi connectivity index (χ1) is 10.1. The van der Waals surface area contributed by atoms with Gasteiger partial charge in [-0.25, -0.2) is 4.99 Å². The average Bonchev–Trinajstić information content (AvgIpc) is 2.46. The predicted octanol–water partition coefficient (Wildman–Crippen LogP) is 5.55. The van der Waals surface area contributed by atoms with Crippen molar-refractivity contribution in [3.05, 3.63) is 12.3 Å². The summed E-state index contributed by atoms with van der Waals surface area (Å²) in [5, 5.41) is 0. The Labute approximate surface area is 132 Å². The number of quaternary nitrogens is 1. The van der Waals surface area contributed by atoms with Crippen LogP contribution < -0.4 is 0 Å². The zero-order valence-corrected chi connectivity index (χ0v) is 14.9. The second kappa shape index (κ2) is 10.2. The summed E-state index contributed by atoms with van der Waals surface area (Å²) in [6.45, 7) is 5.68. The van der Waals surface area contributed by atoms with Crippen LogP contribution in [-0.2, 0) is 0 Å². The number of likely N-dealkylation sites (N-methyl/N-ethyl adjacent to an activating group) is 1. The lowest BCUT2D eigenvalue weighted by molar-refractivity contribution is -0.796. The number of rotatable bonds is 11. The summed E-state index contributed by atoms with van der Waals surface area (Å²) in [4.78, 5) is 4.79. The van der Waals surface area contributed by atoms with Gasteiger partial charge in [0.1, 0.15) is 6.54 Å². The Kier molecular flexibility index (Phi) is 8.91. The van der Waals surface area contributed by atoms with E-state index in [1.807, 2.05) is 6.20 Å². The van der Waals surface area contributed by atoms with Crippen LogP contribution in [0.3, 0.4) is 0 Å². The molecule has 0 amide bonds. The van der Waals surface area contributed by atoms with Gasteiger partial charge in [-0.05, 0) is 18.9 Å². The quantitative estimate of drug-likeness (QED) is 0.350. The number of aliphatic imine (C=N–C) groups is 1. The maximum Gasteiger partial charge on any atom is 0.205 e. The molecule has 2 nitrogen and oxygen atoms in total. The maximum atomic E-state index is 4.79. The van der Waals surface area contributed by atoms with E-state index >= 15 is 0 Å². The molecule has 0 atom stereocenters. The molecule has 0 unspecified atom stereocenters. The van der Waals surface area contributed by atoms with Crippen LogP contribution in [0.15, 0.2) is 17.3 Å². The van der Waals surface area contributed by atoms with Gasteiger partial charge in [-0.15, -0.1) is 0 Å². The summed E-state index contributed by atoms with van der Waals surface area (Å²) in [6.07, 6.45) is 17.8. The monoisotopic (exact) mass is 293 g/mol. The molecule has 122 valence electrons. The molecular weight excluding hydrogens is 256 g/mol. The molecule has 1 rings (SSSR count). The molecule has 0 aromatic carbocycles. The fourth-order valence-corrected chi connectivity index (χ4v) is 3.33.